The molecule has 0 N–H and O–H groups in total. The van der Waals surface area contributed by atoms with Crippen molar-refractivity contribution >= 4 is 6.21 Å². The van der Waals surface area contributed by atoms with E-state index in [9.17, 15) is 4.39 Å². The summed E-state index contributed by atoms with van der Waals surface area (Å²) in [5.74, 6) is -0.309. The fourth-order valence-corrected chi connectivity index (χ4v) is 1.46. The highest BCUT2D eigenvalue weighted by Gasteiger charge is 1.99. The average Bonchev–Trinajstić information content (AvgIpc) is 2.46. The third-order valence-electron chi connectivity index (χ3n) is 2.49. The molecular weight excluding hydrogens is 243 g/mol. The molecule has 0 bridgehead atoms. The molecular formula is C15H11FN2O. The van der Waals surface area contributed by atoms with Gasteiger partial charge in [-0.3, -0.25) is 0 Å². The molecule has 2 aromatic rings. The van der Waals surface area contributed by atoms with Crippen molar-refractivity contribution in [3.8, 4) is 6.07 Å². The molecule has 0 aromatic heterocycles. The van der Waals surface area contributed by atoms with Crippen LogP contribution in [0.1, 0.15) is 16.7 Å². The van der Waals surface area contributed by atoms with Gasteiger partial charge < -0.3 is 4.84 Å². The summed E-state index contributed by atoms with van der Waals surface area (Å²) in [4.78, 5) is 5.03. The van der Waals surface area contributed by atoms with E-state index in [0.29, 0.717) is 11.1 Å². The highest BCUT2D eigenvalue weighted by molar-refractivity contribution is 5.79. The van der Waals surface area contributed by atoms with E-state index in [1.807, 2.05) is 6.07 Å². The summed E-state index contributed by atoms with van der Waals surface area (Å²) >= 11 is 0. The minimum Gasteiger partial charge on any atom is -0.391 e. The van der Waals surface area contributed by atoms with Crippen molar-refractivity contribution in [3.05, 3.63) is 71.0 Å². The third-order valence-corrected chi connectivity index (χ3v) is 2.49. The van der Waals surface area contributed by atoms with Crippen LogP contribution in [0, 0.1) is 17.1 Å². The van der Waals surface area contributed by atoms with Crippen LogP contribution in [-0.2, 0) is 11.4 Å². The van der Waals surface area contributed by atoms with Crippen LogP contribution in [0.4, 0.5) is 4.39 Å². The van der Waals surface area contributed by atoms with E-state index in [0.717, 1.165) is 5.56 Å². The molecule has 0 atom stereocenters. The summed E-state index contributed by atoms with van der Waals surface area (Å²) in [5.41, 5.74) is 1.86. The summed E-state index contributed by atoms with van der Waals surface area (Å²) < 4.78 is 13.3. The molecule has 0 aliphatic carbocycles. The van der Waals surface area contributed by atoms with Gasteiger partial charge in [-0.25, -0.2) is 4.39 Å². The molecule has 4 heteroatoms. The summed E-state index contributed by atoms with van der Waals surface area (Å²) in [6.45, 7) is 0.0828. The van der Waals surface area contributed by atoms with Gasteiger partial charge in [-0.1, -0.05) is 35.5 Å². The van der Waals surface area contributed by atoms with E-state index in [-0.39, 0.29) is 12.4 Å². The Morgan fingerprint density at radius 2 is 1.89 bits per heavy atom. The molecule has 3 nitrogen and oxygen atoms in total. The van der Waals surface area contributed by atoms with Crippen molar-refractivity contribution in [1.29, 1.82) is 5.26 Å². The lowest BCUT2D eigenvalue weighted by Gasteiger charge is -2.00. The fourth-order valence-electron chi connectivity index (χ4n) is 1.46. The maximum atomic E-state index is 13.3. The molecule has 0 heterocycles. The van der Waals surface area contributed by atoms with E-state index in [4.69, 9.17) is 10.1 Å². The van der Waals surface area contributed by atoms with Gasteiger partial charge in [0.1, 0.15) is 12.4 Å². The average molecular weight is 254 g/mol. The Bertz CT molecular complexity index is 615. The van der Waals surface area contributed by atoms with Gasteiger partial charge in [0.15, 0.2) is 0 Å². The fraction of sp³-hybridized carbons (Fsp3) is 0.0667. The first-order valence-electron chi connectivity index (χ1n) is 5.68. The minimum absolute atomic E-state index is 0.0828. The largest absolute Gasteiger partial charge is 0.391 e. The molecule has 0 saturated heterocycles. The Labute approximate surface area is 110 Å². The predicted molar refractivity (Wildman–Crippen MR) is 69.9 cm³/mol. The quantitative estimate of drug-likeness (QED) is 0.621. The first kappa shape index (κ1) is 12.8. The van der Waals surface area contributed by atoms with Crippen molar-refractivity contribution in [1.82, 2.24) is 0 Å². The number of nitriles is 1. The van der Waals surface area contributed by atoms with E-state index in [2.05, 4.69) is 5.16 Å². The second kappa shape index (κ2) is 6.31. The molecule has 0 spiro atoms. The van der Waals surface area contributed by atoms with Crippen molar-refractivity contribution < 1.29 is 9.23 Å². The SMILES string of the molecule is N#Cc1ccc(C=NOCc2ccccc2F)cc1. The lowest BCUT2D eigenvalue weighted by molar-refractivity contribution is 0.129. The van der Waals surface area contributed by atoms with Gasteiger partial charge in [0.2, 0.25) is 0 Å². The highest BCUT2D eigenvalue weighted by Crippen LogP contribution is 2.07. The summed E-state index contributed by atoms with van der Waals surface area (Å²) in [5, 5.41) is 12.4. The molecule has 0 unspecified atom stereocenters. The summed E-state index contributed by atoms with van der Waals surface area (Å²) in [6.07, 6.45) is 1.52. The Morgan fingerprint density at radius 3 is 2.58 bits per heavy atom. The molecule has 2 aromatic carbocycles. The molecule has 0 radical (unpaired) electrons. The third kappa shape index (κ3) is 3.65. The van der Waals surface area contributed by atoms with Gasteiger partial charge in [0.05, 0.1) is 17.8 Å². The van der Waals surface area contributed by atoms with Crippen molar-refractivity contribution in [2.24, 2.45) is 5.16 Å². The number of nitrogens with zero attached hydrogens (tertiary/aromatic N) is 2. The standard InChI is InChI=1S/C15H11FN2O/c16-15-4-2-1-3-14(15)11-19-18-10-13-7-5-12(9-17)6-8-13/h1-8,10H,11H2. The Hall–Kier alpha value is -2.67. The Balaban J connectivity index is 1.90. The Morgan fingerprint density at radius 1 is 1.16 bits per heavy atom. The molecule has 19 heavy (non-hydrogen) atoms. The number of hydrogen-bond donors (Lipinski definition) is 0. The van der Waals surface area contributed by atoms with Gasteiger partial charge in [-0.2, -0.15) is 5.26 Å². The molecule has 0 saturated carbocycles. The highest BCUT2D eigenvalue weighted by atomic mass is 19.1. The number of halogens is 1. The molecule has 0 aliphatic rings. The van der Waals surface area contributed by atoms with E-state index >= 15 is 0 Å². The summed E-state index contributed by atoms with van der Waals surface area (Å²) in [7, 11) is 0. The van der Waals surface area contributed by atoms with E-state index < -0.39 is 0 Å². The van der Waals surface area contributed by atoms with Gasteiger partial charge in [0.25, 0.3) is 0 Å². The summed E-state index contributed by atoms with van der Waals surface area (Å²) in [6, 6.07) is 15.3. The molecule has 0 amide bonds. The second-order valence-electron chi connectivity index (χ2n) is 3.83. The zero-order chi connectivity index (χ0) is 13.5. The van der Waals surface area contributed by atoms with Crippen LogP contribution < -0.4 is 0 Å². The topological polar surface area (TPSA) is 45.4 Å². The smallest absolute Gasteiger partial charge is 0.145 e. The first-order valence-corrected chi connectivity index (χ1v) is 5.68. The first-order chi connectivity index (χ1) is 9.29. The van der Waals surface area contributed by atoms with Gasteiger partial charge >= 0.3 is 0 Å². The number of rotatable bonds is 4. The Kier molecular flexibility index (Phi) is 4.25. The zero-order valence-electron chi connectivity index (χ0n) is 10.1. The van der Waals surface area contributed by atoms with Gasteiger partial charge in [-0.05, 0) is 23.8 Å². The van der Waals surface area contributed by atoms with Crippen LogP contribution in [0.25, 0.3) is 0 Å². The van der Waals surface area contributed by atoms with Crippen molar-refractivity contribution in [2.45, 2.75) is 6.61 Å². The maximum Gasteiger partial charge on any atom is 0.145 e. The van der Waals surface area contributed by atoms with Crippen LogP contribution in [0.2, 0.25) is 0 Å². The number of oxime groups is 1. The lowest BCUT2D eigenvalue weighted by Crippen LogP contribution is -1.92. The van der Waals surface area contributed by atoms with Crippen LogP contribution in [-0.4, -0.2) is 6.21 Å². The number of hydrogen-bond acceptors (Lipinski definition) is 3. The molecule has 2 rings (SSSR count). The lowest BCUT2D eigenvalue weighted by atomic mass is 10.2. The van der Waals surface area contributed by atoms with Gasteiger partial charge in [0, 0.05) is 5.56 Å². The molecule has 0 aliphatic heterocycles. The van der Waals surface area contributed by atoms with Crippen LogP contribution in [0.15, 0.2) is 53.7 Å². The monoisotopic (exact) mass is 254 g/mol. The zero-order valence-corrected chi connectivity index (χ0v) is 10.1. The predicted octanol–water partition coefficient (Wildman–Crippen LogP) is 3.25. The van der Waals surface area contributed by atoms with E-state index in [1.54, 1.807) is 42.5 Å². The van der Waals surface area contributed by atoms with Crippen molar-refractivity contribution in [2.75, 3.05) is 0 Å². The number of benzene rings is 2. The normalized spacial score (nSPS) is 10.3. The van der Waals surface area contributed by atoms with Crippen LogP contribution >= 0.6 is 0 Å². The minimum atomic E-state index is -0.309. The molecule has 94 valence electrons. The van der Waals surface area contributed by atoms with E-state index in [1.165, 1.54) is 12.3 Å². The molecule has 0 fully saturated rings. The van der Waals surface area contributed by atoms with Crippen molar-refractivity contribution in [3.63, 3.8) is 0 Å². The van der Waals surface area contributed by atoms with Gasteiger partial charge in [-0.15, -0.1) is 0 Å². The maximum absolute atomic E-state index is 13.3. The van der Waals surface area contributed by atoms with Crippen LogP contribution in [0.5, 0.6) is 0 Å². The van der Waals surface area contributed by atoms with Crippen LogP contribution in [0.3, 0.4) is 0 Å². The second-order valence-corrected chi connectivity index (χ2v) is 3.83.